The number of rotatable bonds is 10. The lowest BCUT2D eigenvalue weighted by Crippen LogP contribution is -2.51. The molecule has 0 unspecified atom stereocenters. The zero-order valence-corrected chi connectivity index (χ0v) is 24.0. The van der Waals surface area contributed by atoms with Crippen molar-refractivity contribution in [1.82, 2.24) is 30.6 Å². The molecule has 3 amide bonds. The maximum Gasteiger partial charge on any atom is 0.341 e. The van der Waals surface area contributed by atoms with Crippen LogP contribution in [0.5, 0.6) is 0 Å². The van der Waals surface area contributed by atoms with Gasteiger partial charge in [-0.3, -0.25) is 19.6 Å². The molecule has 0 radical (unpaired) electrons. The normalized spacial score (nSPS) is 15.1. The fourth-order valence-corrected chi connectivity index (χ4v) is 5.90. The summed E-state index contributed by atoms with van der Waals surface area (Å²) in [5.74, 6) is -0.0853. The number of carbonyl (C=O) groups excluding carboxylic acids is 2. The number of piperidine rings is 1. The minimum absolute atomic E-state index is 0.0853. The largest absolute Gasteiger partial charge is 0.352 e. The van der Waals surface area contributed by atoms with Gasteiger partial charge in [-0.15, -0.1) is 0 Å². The van der Waals surface area contributed by atoms with Gasteiger partial charge in [0, 0.05) is 56.2 Å². The molecular formula is C29H38N6O3S. The van der Waals surface area contributed by atoms with Crippen LogP contribution in [-0.4, -0.2) is 70.5 Å². The van der Waals surface area contributed by atoms with Crippen molar-refractivity contribution >= 4 is 23.3 Å². The number of hydrogen-bond donors (Lipinski definition) is 2. The lowest BCUT2D eigenvalue weighted by atomic mass is 10.0. The SMILES string of the molecule is CONC(=O)N(Cc1ccsc1)C1CCN([C@H](C)CCNC(=O)c2c(C)cc(-c3ccncc3)nc2C)CC1. The van der Waals surface area contributed by atoms with Gasteiger partial charge in [0.1, 0.15) is 0 Å². The Labute approximate surface area is 234 Å². The van der Waals surface area contributed by atoms with E-state index >= 15 is 0 Å². The van der Waals surface area contributed by atoms with Crippen molar-refractivity contribution in [3.8, 4) is 11.3 Å². The van der Waals surface area contributed by atoms with E-state index in [9.17, 15) is 9.59 Å². The molecule has 1 saturated heterocycles. The van der Waals surface area contributed by atoms with Crippen LogP contribution in [0.3, 0.4) is 0 Å². The summed E-state index contributed by atoms with van der Waals surface area (Å²) < 4.78 is 0. The van der Waals surface area contributed by atoms with Gasteiger partial charge in [-0.2, -0.15) is 11.3 Å². The topological polar surface area (TPSA) is 99.7 Å². The van der Waals surface area contributed by atoms with Crippen LogP contribution in [0.4, 0.5) is 4.79 Å². The second-order valence-corrected chi connectivity index (χ2v) is 10.8. The van der Waals surface area contributed by atoms with Gasteiger partial charge in [0.25, 0.3) is 5.91 Å². The van der Waals surface area contributed by atoms with Gasteiger partial charge in [0.2, 0.25) is 0 Å². The Hall–Kier alpha value is -3.34. The zero-order chi connectivity index (χ0) is 27.8. The van der Waals surface area contributed by atoms with Gasteiger partial charge in [0.15, 0.2) is 0 Å². The third-order valence-electron chi connectivity index (χ3n) is 7.39. The van der Waals surface area contributed by atoms with Crippen molar-refractivity contribution in [2.24, 2.45) is 0 Å². The van der Waals surface area contributed by atoms with Crippen LogP contribution in [0.25, 0.3) is 11.3 Å². The summed E-state index contributed by atoms with van der Waals surface area (Å²) in [6, 6.07) is 8.11. The Bertz CT molecular complexity index is 1210. The van der Waals surface area contributed by atoms with Crippen molar-refractivity contribution in [1.29, 1.82) is 0 Å². The number of pyridine rings is 2. The molecule has 1 aliphatic heterocycles. The minimum Gasteiger partial charge on any atom is -0.352 e. The molecule has 3 aromatic heterocycles. The van der Waals surface area contributed by atoms with E-state index in [-0.39, 0.29) is 18.0 Å². The number of aromatic nitrogens is 2. The Morgan fingerprint density at radius 1 is 1.21 bits per heavy atom. The monoisotopic (exact) mass is 550 g/mol. The maximum atomic E-state index is 13.0. The van der Waals surface area contributed by atoms with Gasteiger partial charge in [-0.1, -0.05) is 0 Å². The molecule has 4 rings (SSSR count). The summed E-state index contributed by atoms with van der Waals surface area (Å²) in [6.45, 7) is 9.00. The summed E-state index contributed by atoms with van der Waals surface area (Å²) in [5.41, 5.74) is 7.71. The molecule has 9 nitrogen and oxygen atoms in total. The first kappa shape index (κ1) is 28.7. The highest BCUT2D eigenvalue weighted by molar-refractivity contribution is 7.07. The van der Waals surface area contributed by atoms with Crippen molar-refractivity contribution < 1.29 is 14.4 Å². The first-order chi connectivity index (χ1) is 18.9. The van der Waals surface area contributed by atoms with Crippen LogP contribution in [0, 0.1) is 13.8 Å². The number of urea groups is 1. The Balaban J connectivity index is 1.27. The highest BCUT2D eigenvalue weighted by Gasteiger charge is 2.30. The van der Waals surface area contributed by atoms with Gasteiger partial charge in [0.05, 0.1) is 24.1 Å². The molecule has 0 aliphatic carbocycles. The molecule has 0 aromatic carbocycles. The second-order valence-electron chi connectivity index (χ2n) is 10.1. The summed E-state index contributed by atoms with van der Waals surface area (Å²) in [7, 11) is 1.46. The number of thiophene rings is 1. The first-order valence-electron chi connectivity index (χ1n) is 13.4. The lowest BCUT2D eigenvalue weighted by Gasteiger charge is -2.40. The van der Waals surface area contributed by atoms with E-state index in [1.54, 1.807) is 23.7 Å². The molecule has 4 heterocycles. The standard InChI is InChI=1S/C29H38N6O3S/c1-20-17-26(24-6-11-30-12-7-24)32-22(3)27(20)28(36)31-13-5-21(2)34-14-8-25(9-15-34)35(29(37)33-38-4)18-23-10-16-39-19-23/h6-7,10-12,16-17,19,21,25H,5,8-9,13-15,18H2,1-4H3,(H,31,36)(H,33,37)/t21-/m1/s1. The number of aryl methyl sites for hydroxylation is 2. The number of amides is 3. The van der Waals surface area contributed by atoms with E-state index in [0.717, 1.165) is 60.4 Å². The molecule has 2 N–H and O–H groups in total. The molecular weight excluding hydrogens is 512 g/mol. The molecule has 0 spiro atoms. The molecule has 1 aliphatic rings. The predicted octanol–water partition coefficient (Wildman–Crippen LogP) is 4.57. The van der Waals surface area contributed by atoms with E-state index in [4.69, 9.17) is 4.84 Å². The van der Waals surface area contributed by atoms with E-state index in [1.807, 2.05) is 42.3 Å². The quantitative estimate of drug-likeness (QED) is 0.359. The van der Waals surface area contributed by atoms with Crippen molar-refractivity contribution in [2.75, 3.05) is 26.7 Å². The lowest BCUT2D eigenvalue weighted by molar-refractivity contribution is 0.0565. The van der Waals surface area contributed by atoms with Crippen molar-refractivity contribution in [3.63, 3.8) is 0 Å². The summed E-state index contributed by atoms with van der Waals surface area (Å²) in [6.07, 6.45) is 6.12. The number of nitrogens with zero attached hydrogens (tertiary/aromatic N) is 4. The molecule has 0 saturated carbocycles. The molecule has 208 valence electrons. The fourth-order valence-electron chi connectivity index (χ4n) is 5.24. The van der Waals surface area contributed by atoms with Crippen LogP contribution in [-0.2, 0) is 11.4 Å². The van der Waals surface area contributed by atoms with Gasteiger partial charge >= 0.3 is 6.03 Å². The highest BCUT2D eigenvalue weighted by atomic mass is 32.1. The van der Waals surface area contributed by atoms with Gasteiger partial charge in [-0.05, 0) is 86.2 Å². The second kappa shape index (κ2) is 13.6. The van der Waals surface area contributed by atoms with Crippen LogP contribution < -0.4 is 10.8 Å². The van der Waals surface area contributed by atoms with E-state index in [1.165, 1.54) is 7.11 Å². The van der Waals surface area contributed by atoms with Crippen molar-refractivity contribution in [2.45, 2.75) is 58.7 Å². The van der Waals surface area contributed by atoms with Crippen molar-refractivity contribution in [3.05, 3.63) is 69.8 Å². The van der Waals surface area contributed by atoms with Gasteiger partial charge in [-0.25, -0.2) is 10.3 Å². The number of hydroxylamine groups is 1. The van der Waals surface area contributed by atoms with Crippen LogP contribution in [0.1, 0.15) is 53.4 Å². The van der Waals surface area contributed by atoms with Crippen LogP contribution in [0.15, 0.2) is 47.4 Å². The zero-order valence-electron chi connectivity index (χ0n) is 23.1. The molecule has 1 atom stereocenters. The fraction of sp³-hybridized carbons (Fsp3) is 0.448. The highest BCUT2D eigenvalue weighted by Crippen LogP contribution is 2.23. The molecule has 3 aromatic rings. The number of carbonyl (C=O) groups is 2. The van der Waals surface area contributed by atoms with Crippen LogP contribution >= 0.6 is 11.3 Å². The Morgan fingerprint density at radius 3 is 2.59 bits per heavy atom. The van der Waals surface area contributed by atoms with E-state index < -0.39 is 0 Å². The van der Waals surface area contributed by atoms with Gasteiger partial charge < -0.3 is 15.1 Å². The summed E-state index contributed by atoms with van der Waals surface area (Å²) >= 11 is 1.63. The number of hydrogen-bond acceptors (Lipinski definition) is 7. The summed E-state index contributed by atoms with van der Waals surface area (Å²) in [5, 5.41) is 7.21. The maximum absolute atomic E-state index is 13.0. The Kier molecular flexibility index (Phi) is 10.0. The average Bonchev–Trinajstić information content (AvgIpc) is 3.45. The number of nitrogens with one attached hydrogen (secondary N) is 2. The Morgan fingerprint density at radius 2 is 1.95 bits per heavy atom. The molecule has 0 bridgehead atoms. The van der Waals surface area contributed by atoms with E-state index in [0.29, 0.717) is 24.7 Å². The van der Waals surface area contributed by atoms with Crippen LogP contribution in [0.2, 0.25) is 0 Å². The van der Waals surface area contributed by atoms with E-state index in [2.05, 4.69) is 44.0 Å². The summed E-state index contributed by atoms with van der Waals surface area (Å²) in [4.78, 5) is 43.7. The third kappa shape index (κ3) is 7.40. The predicted molar refractivity (Wildman–Crippen MR) is 153 cm³/mol. The molecule has 39 heavy (non-hydrogen) atoms. The molecule has 10 heteroatoms. The molecule has 1 fully saturated rings. The smallest absolute Gasteiger partial charge is 0.341 e. The average molecular weight is 551 g/mol. The third-order valence-corrected chi connectivity index (χ3v) is 8.13. The first-order valence-corrected chi connectivity index (χ1v) is 14.3. The minimum atomic E-state index is -0.202. The number of likely N-dealkylation sites (tertiary alicyclic amines) is 1.